The minimum atomic E-state index is -1.21. The summed E-state index contributed by atoms with van der Waals surface area (Å²) < 4.78 is 0. The van der Waals surface area contributed by atoms with Gasteiger partial charge < -0.3 is 43.5 Å². The highest BCUT2D eigenvalue weighted by molar-refractivity contribution is 6.42. The Balaban J connectivity index is 1.51. The number of carbonyl (C=O) groups is 5. The van der Waals surface area contributed by atoms with Crippen molar-refractivity contribution in [3.05, 3.63) is 105 Å². The zero-order chi connectivity index (χ0) is 39.4. The molecular formula is C37H42Cl3N9O5. The summed E-state index contributed by atoms with van der Waals surface area (Å²) in [5.41, 5.74) is 19.5. The van der Waals surface area contributed by atoms with Crippen molar-refractivity contribution < 1.29 is 24.0 Å². The standard InChI is InChI=1S/C37H42Cl3N9O5/c1-20(46-32(50)17-22-10-13-26(39)27(40)15-22)34(52)49-31(16-21-8-11-24(38)12-9-21)36(54)47-29(7-4-14-44-37(42)43)35(53)48-30(33(41)51)18-23-19-45-28-6-3-2-5-25(23)28/h2-3,5-6,8-13,15,19-20,29-31,45H,4,7,14,16-18H2,1H3,(H2,41,51)(H,46,50)(H,47,54)(H,48,53)(H,49,52)(H4,42,43,44)/t20-,29-,30-,31+/m0/s1. The van der Waals surface area contributed by atoms with Crippen LogP contribution in [0.4, 0.5) is 0 Å². The monoisotopic (exact) mass is 797 g/mol. The van der Waals surface area contributed by atoms with Crippen LogP contribution in [-0.4, -0.2) is 71.2 Å². The van der Waals surface area contributed by atoms with Crippen molar-refractivity contribution in [2.24, 2.45) is 22.2 Å². The van der Waals surface area contributed by atoms with Gasteiger partial charge in [-0.3, -0.25) is 29.0 Å². The molecule has 286 valence electrons. The number of fused-ring (bicyclic) bond motifs is 1. The van der Waals surface area contributed by atoms with Gasteiger partial charge in [0, 0.05) is 41.5 Å². The molecule has 0 aliphatic heterocycles. The number of aromatic nitrogens is 1. The number of H-pyrrole nitrogens is 1. The lowest BCUT2D eigenvalue weighted by Gasteiger charge is -2.26. The van der Waals surface area contributed by atoms with Crippen molar-refractivity contribution >= 4 is 81.2 Å². The Bertz CT molecular complexity index is 2000. The maximum Gasteiger partial charge on any atom is 0.243 e. The first-order valence-electron chi connectivity index (χ1n) is 17.0. The van der Waals surface area contributed by atoms with Gasteiger partial charge in [-0.05, 0) is 66.8 Å². The number of amides is 5. The fourth-order valence-electron chi connectivity index (χ4n) is 5.62. The molecule has 4 aromatic rings. The average Bonchev–Trinajstić information content (AvgIpc) is 3.53. The number of para-hydroxylation sites is 1. The van der Waals surface area contributed by atoms with Gasteiger partial charge in [-0.2, -0.15) is 0 Å². The van der Waals surface area contributed by atoms with Gasteiger partial charge in [0.15, 0.2) is 5.96 Å². The van der Waals surface area contributed by atoms with Crippen LogP contribution in [0.1, 0.15) is 36.5 Å². The van der Waals surface area contributed by atoms with E-state index in [1.807, 2.05) is 24.3 Å². The van der Waals surface area contributed by atoms with Gasteiger partial charge in [-0.1, -0.05) is 71.2 Å². The van der Waals surface area contributed by atoms with E-state index in [-0.39, 0.29) is 49.6 Å². The van der Waals surface area contributed by atoms with E-state index in [0.29, 0.717) is 21.2 Å². The van der Waals surface area contributed by atoms with E-state index >= 15 is 0 Å². The molecule has 17 heteroatoms. The summed E-state index contributed by atoms with van der Waals surface area (Å²) >= 11 is 18.1. The molecule has 4 atom stereocenters. The normalized spacial score (nSPS) is 13.2. The molecule has 0 saturated heterocycles. The van der Waals surface area contributed by atoms with Crippen LogP contribution < -0.4 is 38.5 Å². The molecule has 5 amide bonds. The SMILES string of the molecule is C[C@H](NC(=O)Cc1ccc(Cl)c(Cl)c1)C(=O)N[C@H](Cc1ccc(Cl)cc1)C(=O)N[C@@H](CCCN=C(N)N)C(=O)N[C@@H](Cc1c[nH]c2ccccc12)C(N)=O. The number of carbonyl (C=O) groups excluding carboxylic acids is 5. The third-order valence-electron chi connectivity index (χ3n) is 8.44. The molecule has 0 aliphatic rings. The molecule has 0 saturated carbocycles. The van der Waals surface area contributed by atoms with Crippen molar-refractivity contribution in [2.45, 2.75) is 63.2 Å². The van der Waals surface area contributed by atoms with Gasteiger partial charge >= 0.3 is 0 Å². The van der Waals surface area contributed by atoms with Crippen LogP contribution in [0.25, 0.3) is 10.9 Å². The van der Waals surface area contributed by atoms with Crippen LogP contribution in [0.2, 0.25) is 15.1 Å². The van der Waals surface area contributed by atoms with Gasteiger partial charge in [0.25, 0.3) is 0 Å². The molecule has 3 aromatic carbocycles. The number of halogens is 3. The van der Waals surface area contributed by atoms with E-state index in [1.54, 1.807) is 48.7 Å². The van der Waals surface area contributed by atoms with Gasteiger partial charge in [0.05, 0.1) is 16.5 Å². The highest BCUT2D eigenvalue weighted by atomic mass is 35.5. The highest BCUT2D eigenvalue weighted by Crippen LogP contribution is 2.23. The number of guanidine groups is 1. The van der Waals surface area contributed by atoms with Crippen molar-refractivity contribution in [1.82, 2.24) is 26.3 Å². The van der Waals surface area contributed by atoms with Gasteiger partial charge in [-0.25, -0.2) is 0 Å². The first kappa shape index (κ1) is 41.4. The van der Waals surface area contributed by atoms with Crippen LogP contribution in [0.3, 0.4) is 0 Å². The number of benzene rings is 3. The van der Waals surface area contributed by atoms with Crippen molar-refractivity contribution in [3.63, 3.8) is 0 Å². The van der Waals surface area contributed by atoms with E-state index in [0.717, 1.165) is 16.5 Å². The fraction of sp³-hybridized carbons (Fsp3) is 0.297. The zero-order valence-corrected chi connectivity index (χ0v) is 31.6. The molecule has 54 heavy (non-hydrogen) atoms. The summed E-state index contributed by atoms with van der Waals surface area (Å²) in [6, 6.07) is 14.3. The number of nitrogens with zero attached hydrogens (tertiary/aromatic N) is 1. The van der Waals surface area contributed by atoms with Crippen molar-refractivity contribution in [2.75, 3.05) is 6.54 Å². The van der Waals surface area contributed by atoms with Crippen LogP contribution >= 0.6 is 34.8 Å². The molecule has 4 rings (SSSR count). The molecule has 0 radical (unpaired) electrons. The third-order valence-corrected chi connectivity index (χ3v) is 9.43. The van der Waals surface area contributed by atoms with Crippen molar-refractivity contribution in [1.29, 1.82) is 0 Å². The molecule has 0 unspecified atom stereocenters. The number of rotatable bonds is 18. The Morgan fingerprint density at radius 3 is 2.07 bits per heavy atom. The second kappa shape index (κ2) is 19.7. The Morgan fingerprint density at radius 1 is 0.741 bits per heavy atom. The third kappa shape index (κ3) is 12.4. The number of hydrogen-bond acceptors (Lipinski definition) is 6. The predicted octanol–water partition coefficient (Wildman–Crippen LogP) is 2.65. The topological polar surface area (TPSA) is 240 Å². The maximum absolute atomic E-state index is 14.0. The van der Waals surface area contributed by atoms with Gasteiger partial charge in [0.2, 0.25) is 29.5 Å². The van der Waals surface area contributed by atoms with E-state index < -0.39 is 53.7 Å². The first-order chi connectivity index (χ1) is 25.7. The summed E-state index contributed by atoms with van der Waals surface area (Å²) in [4.78, 5) is 73.6. The van der Waals surface area contributed by atoms with Crippen LogP contribution in [0.5, 0.6) is 0 Å². The van der Waals surface area contributed by atoms with E-state index in [9.17, 15) is 24.0 Å². The van der Waals surface area contributed by atoms with Crippen LogP contribution in [0.15, 0.2) is 77.9 Å². The lowest BCUT2D eigenvalue weighted by molar-refractivity contribution is -0.134. The predicted molar refractivity (Wildman–Crippen MR) is 210 cm³/mol. The lowest BCUT2D eigenvalue weighted by atomic mass is 10.0. The van der Waals surface area contributed by atoms with E-state index in [4.69, 9.17) is 52.0 Å². The lowest BCUT2D eigenvalue weighted by Crippen LogP contribution is -2.58. The van der Waals surface area contributed by atoms with Crippen molar-refractivity contribution in [3.8, 4) is 0 Å². The number of aliphatic imine (C=N–C) groups is 1. The van der Waals surface area contributed by atoms with Crippen LogP contribution in [-0.2, 0) is 43.2 Å². The second-order valence-corrected chi connectivity index (χ2v) is 13.9. The zero-order valence-electron chi connectivity index (χ0n) is 29.3. The molecule has 14 nitrogen and oxygen atoms in total. The fourth-order valence-corrected chi connectivity index (χ4v) is 6.06. The molecule has 0 fully saturated rings. The molecule has 0 bridgehead atoms. The largest absolute Gasteiger partial charge is 0.370 e. The minimum absolute atomic E-state index is 0.00545. The van der Waals surface area contributed by atoms with Gasteiger partial charge in [-0.15, -0.1) is 0 Å². The summed E-state index contributed by atoms with van der Waals surface area (Å²) in [7, 11) is 0. The average molecular weight is 799 g/mol. The molecule has 11 N–H and O–H groups in total. The molecular weight excluding hydrogens is 757 g/mol. The Kier molecular flexibility index (Phi) is 15.1. The number of primary amides is 1. The number of aromatic amines is 1. The maximum atomic E-state index is 14.0. The Labute approximate surface area is 326 Å². The summed E-state index contributed by atoms with van der Waals surface area (Å²) in [6.07, 6.45) is 2.09. The Morgan fingerprint density at radius 2 is 1.39 bits per heavy atom. The smallest absolute Gasteiger partial charge is 0.243 e. The second-order valence-electron chi connectivity index (χ2n) is 12.6. The quantitative estimate of drug-likeness (QED) is 0.0425. The molecule has 1 aromatic heterocycles. The number of hydrogen-bond donors (Lipinski definition) is 8. The number of nitrogens with one attached hydrogen (secondary N) is 5. The highest BCUT2D eigenvalue weighted by Gasteiger charge is 2.31. The summed E-state index contributed by atoms with van der Waals surface area (Å²) in [5, 5.41) is 12.7. The van der Waals surface area contributed by atoms with Gasteiger partial charge in [0.1, 0.15) is 24.2 Å². The van der Waals surface area contributed by atoms with E-state index in [2.05, 4.69) is 31.2 Å². The van der Waals surface area contributed by atoms with Crippen LogP contribution in [0, 0.1) is 0 Å². The van der Waals surface area contributed by atoms with E-state index in [1.165, 1.54) is 6.92 Å². The molecule has 0 spiro atoms. The minimum Gasteiger partial charge on any atom is -0.370 e. The molecule has 0 aliphatic carbocycles. The summed E-state index contributed by atoms with van der Waals surface area (Å²) in [5.74, 6) is -3.44. The molecule has 1 heterocycles. The summed E-state index contributed by atoms with van der Waals surface area (Å²) in [6.45, 7) is 1.62. The Hall–Kier alpha value is -5.31. The number of nitrogens with two attached hydrogens (primary N) is 3. The first-order valence-corrected chi connectivity index (χ1v) is 18.1.